The predicted octanol–water partition coefficient (Wildman–Crippen LogP) is 6.41. The minimum Gasteiger partial charge on any atom is -0.489 e. The van der Waals surface area contributed by atoms with Crippen LogP contribution in [0.3, 0.4) is 0 Å². The molecule has 1 aromatic heterocycles. The van der Waals surface area contributed by atoms with Crippen molar-refractivity contribution >= 4 is 35.0 Å². The fourth-order valence-electron chi connectivity index (χ4n) is 6.75. The van der Waals surface area contributed by atoms with Crippen LogP contribution in [0, 0.1) is 23.1 Å². The van der Waals surface area contributed by atoms with E-state index in [1.165, 1.54) is 18.3 Å². The van der Waals surface area contributed by atoms with E-state index in [9.17, 15) is 9.59 Å². The Bertz CT molecular complexity index is 1240. The van der Waals surface area contributed by atoms with E-state index in [0.29, 0.717) is 35.6 Å². The molecule has 1 heterocycles. The van der Waals surface area contributed by atoms with E-state index in [4.69, 9.17) is 27.9 Å². The molecule has 6 nitrogen and oxygen atoms in total. The first-order valence-electron chi connectivity index (χ1n) is 13.7. The number of rotatable bonds is 8. The second kappa shape index (κ2) is 10.3. The minimum atomic E-state index is -0.521. The van der Waals surface area contributed by atoms with Gasteiger partial charge in [-0.2, -0.15) is 0 Å². The highest BCUT2D eigenvalue weighted by molar-refractivity contribution is 6.42. The molecule has 2 amide bonds. The Morgan fingerprint density at radius 1 is 1.11 bits per heavy atom. The molecule has 4 aliphatic rings. The number of halogens is 3. The second-order valence-corrected chi connectivity index (χ2v) is 12.4. The summed E-state index contributed by atoms with van der Waals surface area (Å²) in [5.41, 5.74) is 0.541. The van der Waals surface area contributed by atoms with Crippen LogP contribution in [0.5, 0.6) is 5.75 Å². The summed E-state index contributed by atoms with van der Waals surface area (Å²) in [6, 6.07) is 3.87. The van der Waals surface area contributed by atoms with E-state index in [2.05, 4.69) is 15.6 Å². The Balaban J connectivity index is 1.10. The number of hydrogen-bond donors (Lipinski definition) is 2. The normalized spacial score (nSPS) is 28.8. The fraction of sp³-hybridized carbons (Fsp3) is 0.552. The average molecular weight is 560 g/mol. The summed E-state index contributed by atoms with van der Waals surface area (Å²) in [5.74, 6) is 0.166. The SMILES string of the molecule is O=C(NC1CC(C(=O)N[C@H](c2c(F)ccc(Cl)c2Cl)C23CCC(CC2)C3)C1)c1cncc(OC2CCC2)c1. The maximum absolute atomic E-state index is 15.1. The zero-order valence-electron chi connectivity index (χ0n) is 21.2. The summed E-state index contributed by atoms with van der Waals surface area (Å²) >= 11 is 12.8. The zero-order chi connectivity index (χ0) is 26.4. The average Bonchev–Trinajstić information content (AvgIpc) is 3.48. The molecule has 9 heteroatoms. The Labute approximate surface area is 232 Å². The van der Waals surface area contributed by atoms with Crippen LogP contribution < -0.4 is 15.4 Å². The van der Waals surface area contributed by atoms with Gasteiger partial charge in [-0.3, -0.25) is 14.6 Å². The number of pyridine rings is 1. The van der Waals surface area contributed by atoms with Crippen LogP contribution in [0.4, 0.5) is 4.39 Å². The minimum absolute atomic E-state index is 0.111. The Morgan fingerprint density at radius 2 is 1.87 bits per heavy atom. The topological polar surface area (TPSA) is 80.3 Å². The van der Waals surface area contributed by atoms with Gasteiger partial charge in [0.05, 0.1) is 34.0 Å². The molecule has 4 aliphatic carbocycles. The monoisotopic (exact) mass is 559 g/mol. The van der Waals surface area contributed by atoms with Crippen molar-refractivity contribution in [2.24, 2.45) is 17.3 Å². The molecule has 38 heavy (non-hydrogen) atoms. The van der Waals surface area contributed by atoms with Gasteiger partial charge >= 0.3 is 0 Å². The van der Waals surface area contributed by atoms with Gasteiger partial charge < -0.3 is 15.4 Å². The van der Waals surface area contributed by atoms with Crippen molar-refractivity contribution < 1.29 is 18.7 Å². The van der Waals surface area contributed by atoms with E-state index >= 15 is 4.39 Å². The molecule has 2 aromatic rings. The smallest absolute Gasteiger partial charge is 0.253 e. The van der Waals surface area contributed by atoms with E-state index in [-0.39, 0.29) is 45.3 Å². The highest BCUT2D eigenvalue weighted by Crippen LogP contribution is 2.61. The Kier molecular flexibility index (Phi) is 7.02. The van der Waals surface area contributed by atoms with Crippen molar-refractivity contribution in [2.75, 3.05) is 0 Å². The van der Waals surface area contributed by atoms with Gasteiger partial charge in [0.2, 0.25) is 5.91 Å². The first-order valence-corrected chi connectivity index (χ1v) is 14.4. The van der Waals surface area contributed by atoms with Gasteiger partial charge in [0, 0.05) is 23.7 Å². The number of nitrogens with zero attached hydrogens (tertiary/aromatic N) is 1. The summed E-state index contributed by atoms with van der Waals surface area (Å²) < 4.78 is 21.0. The molecule has 202 valence electrons. The van der Waals surface area contributed by atoms with Gasteiger partial charge in [0.15, 0.2) is 0 Å². The molecule has 2 N–H and O–H groups in total. The summed E-state index contributed by atoms with van der Waals surface area (Å²) in [6.45, 7) is 0. The molecule has 6 rings (SSSR count). The molecule has 1 atom stereocenters. The highest BCUT2D eigenvalue weighted by atomic mass is 35.5. The third kappa shape index (κ3) is 4.88. The number of hydrogen-bond acceptors (Lipinski definition) is 4. The van der Waals surface area contributed by atoms with Crippen LogP contribution in [0.25, 0.3) is 0 Å². The Morgan fingerprint density at radius 3 is 2.53 bits per heavy atom. The first kappa shape index (κ1) is 25.9. The van der Waals surface area contributed by atoms with Gasteiger partial charge in [-0.1, -0.05) is 23.2 Å². The quantitative estimate of drug-likeness (QED) is 0.366. The molecule has 4 saturated carbocycles. The van der Waals surface area contributed by atoms with E-state index < -0.39 is 11.9 Å². The van der Waals surface area contributed by atoms with Crippen molar-refractivity contribution in [2.45, 2.75) is 82.4 Å². The van der Waals surface area contributed by atoms with Crippen LogP contribution >= 0.6 is 23.2 Å². The van der Waals surface area contributed by atoms with Crippen LogP contribution in [0.1, 0.15) is 86.2 Å². The van der Waals surface area contributed by atoms with Crippen molar-refractivity contribution in [1.29, 1.82) is 0 Å². The molecule has 0 aliphatic heterocycles. The van der Waals surface area contributed by atoms with Crippen molar-refractivity contribution in [3.8, 4) is 5.75 Å². The molecular weight excluding hydrogens is 528 g/mol. The molecule has 1 aromatic carbocycles. The van der Waals surface area contributed by atoms with Gasteiger partial charge in [0.1, 0.15) is 11.6 Å². The second-order valence-electron chi connectivity index (χ2n) is 11.6. The summed E-state index contributed by atoms with van der Waals surface area (Å²) in [5, 5.41) is 6.65. The van der Waals surface area contributed by atoms with E-state index in [0.717, 1.165) is 51.4 Å². The van der Waals surface area contributed by atoms with Gasteiger partial charge in [-0.25, -0.2) is 4.39 Å². The summed E-state index contributed by atoms with van der Waals surface area (Å²) in [4.78, 5) is 30.3. The maximum atomic E-state index is 15.1. The van der Waals surface area contributed by atoms with Crippen molar-refractivity contribution in [1.82, 2.24) is 15.6 Å². The van der Waals surface area contributed by atoms with Crippen molar-refractivity contribution in [3.63, 3.8) is 0 Å². The first-order chi connectivity index (χ1) is 18.3. The molecule has 2 bridgehead atoms. The third-order valence-electron chi connectivity index (χ3n) is 9.24. The lowest BCUT2D eigenvalue weighted by atomic mass is 9.73. The molecule has 0 unspecified atom stereocenters. The van der Waals surface area contributed by atoms with Crippen molar-refractivity contribution in [3.05, 3.63) is 57.6 Å². The molecule has 4 fully saturated rings. The number of nitrogens with one attached hydrogen (secondary N) is 2. The lowest BCUT2D eigenvalue weighted by Gasteiger charge is -2.41. The number of aromatic nitrogens is 1. The highest BCUT2D eigenvalue weighted by Gasteiger charge is 2.52. The molecule has 0 spiro atoms. The number of carbonyl (C=O) groups is 2. The standard InChI is InChI=1S/C29H32Cl2FN3O3/c30-22-4-5-23(32)24(25(22)31)26(29-8-6-16(13-29)7-9-29)35-27(36)17-10-19(11-17)34-28(37)18-12-21(15-33-14-18)38-20-2-1-3-20/h4-5,12,14-17,19-20,26H,1-3,6-11,13H2,(H,34,37)(H,35,36)/t16?,17?,19?,26-,29?/m1/s1. The number of carbonyl (C=O) groups excluding carboxylic acids is 2. The number of benzene rings is 1. The number of fused-ring (bicyclic) bond motifs is 2. The van der Waals surface area contributed by atoms with Gasteiger partial charge in [0.25, 0.3) is 5.91 Å². The summed E-state index contributed by atoms with van der Waals surface area (Å²) in [7, 11) is 0. The largest absolute Gasteiger partial charge is 0.489 e. The summed E-state index contributed by atoms with van der Waals surface area (Å²) in [6.07, 6.45) is 12.6. The van der Waals surface area contributed by atoms with Gasteiger partial charge in [-0.15, -0.1) is 0 Å². The van der Waals surface area contributed by atoms with Crippen LogP contribution in [-0.4, -0.2) is 28.9 Å². The molecular formula is C29H32Cl2FN3O3. The zero-order valence-corrected chi connectivity index (χ0v) is 22.7. The van der Waals surface area contributed by atoms with Crippen LogP contribution in [-0.2, 0) is 4.79 Å². The van der Waals surface area contributed by atoms with E-state index in [1.807, 2.05) is 0 Å². The molecule has 0 saturated heterocycles. The van der Waals surface area contributed by atoms with Crippen LogP contribution in [0.15, 0.2) is 30.6 Å². The number of ether oxygens (including phenoxy) is 1. The lowest BCUT2D eigenvalue weighted by Crippen LogP contribution is -2.51. The lowest BCUT2D eigenvalue weighted by molar-refractivity contribution is -0.130. The fourth-order valence-corrected chi connectivity index (χ4v) is 7.18. The van der Waals surface area contributed by atoms with Gasteiger partial charge in [-0.05, 0) is 93.7 Å². The maximum Gasteiger partial charge on any atom is 0.253 e. The predicted molar refractivity (Wildman–Crippen MR) is 143 cm³/mol. The third-order valence-corrected chi connectivity index (χ3v) is 10.1. The van der Waals surface area contributed by atoms with E-state index in [1.54, 1.807) is 12.3 Å². The molecule has 0 radical (unpaired) electrons. The Hall–Kier alpha value is -2.38. The number of amides is 2. The van der Waals surface area contributed by atoms with Crippen LogP contribution in [0.2, 0.25) is 10.0 Å².